The molecule has 10 aromatic rings. The van der Waals surface area contributed by atoms with Crippen LogP contribution in [0, 0.1) is 0 Å². The van der Waals surface area contributed by atoms with Crippen LogP contribution in [-0.2, 0) is 0 Å². The summed E-state index contributed by atoms with van der Waals surface area (Å²) in [5.74, 6) is 0. The Morgan fingerprint density at radius 3 is 1.78 bits per heavy atom. The van der Waals surface area contributed by atoms with Gasteiger partial charge in [-0.1, -0.05) is 133 Å². The summed E-state index contributed by atoms with van der Waals surface area (Å²) in [7, 11) is 0. The molecule has 0 fully saturated rings. The van der Waals surface area contributed by atoms with Crippen LogP contribution in [0.4, 0.5) is 17.1 Å². The molecule has 0 saturated carbocycles. The number of rotatable bonds is 5. The Bertz CT molecular complexity index is 2870. The predicted molar refractivity (Wildman–Crippen MR) is 213 cm³/mol. The van der Waals surface area contributed by atoms with E-state index in [9.17, 15) is 0 Å². The lowest BCUT2D eigenvalue weighted by molar-refractivity contribution is 1.18. The maximum Gasteiger partial charge on any atom is 0.0547 e. The van der Waals surface area contributed by atoms with E-state index in [-0.39, 0.29) is 0 Å². The molecule has 0 aliphatic heterocycles. The topological polar surface area (TPSA) is 8.17 Å². The van der Waals surface area contributed by atoms with Crippen LogP contribution in [-0.4, -0.2) is 4.57 Å². The molecule has 0 spiro atoms. The Kier molecular flexibility index (Phi) is 6.53. The molecule has 0 saturated heterocycles. The van der Waals surface area contributed by atoms with E-state index in [0.29, 0.717) is 0 Å². The summed E-state index contributed by atoms with van der Waals surface area (Å²) in [5.41, 5.74) is 9.36. The fourth-order valence-electron chi connectivity index (χ4n) is 7.88. The highest BCUT2D eigenvalue weighted by Crippen LogP contribution is 2.45. The largest absolute Gasteiger partial charge is 0.310 e. The second-order valence-corrected chi connectivity index (χ2v) is 13.0. The Hall–Kier alpha value is -6.64. The minimum atomic E-state index is 1.11. The van der Waals surface area contributed by atoms with Crippen LogP contribution in [0.25, 0.3) is 70.9 Å². The number of benzene rings is 9. The van der Waals surface area contributed by atoms with E-state index in [2.05, 4.69) is 204 Å². The van der Waals surface area contributed by atoms with Gasteiger partial charge in [-0.25, -0.2) is 0 Å². The van der Waals surface area contributed by atoms with Crippen molar-refractivity contribution in [3.63, 3.8) is 0 Å². The van der Waals surface area contributed by atoms with Crippen molar-refractivity contribution in [3.8, 4) is 16.8 Å². The second-order valence-electron chi connectivity index (χ2n) is 13.0. The number of nitrogens with zero attached hydrogens (tertiary/aromatic N) is 2. The van der Waals surface area contributed by atoms with E-state index < -0.39 is 0 Å². The number of fused-ring (bicyclic) bond motifs is 7. The fraction of sp³-hybridized carbons (Fsp3) is 0. The standard InChI is InChI=1S/C48H32N2/c1-3-19-37(20-4-1)49(46-32-36-17-9-10-24-40(36)42-25-11-12-26-43(42)46)39-23-13-18-35(29-39)41-27-14-28-45-48(41)44-30-33-15-7-8-16-34(33)31-47(44)50(45)38-21-5-2-6-22-38/h1-32H. The molecule has 0 aliphatic rings. The Morgan fingerprint density at radius 2 is 0.980 bits per heavy atom. The Morgan fingerprint density at radius 1 is 0.360 bits per heavy atom. The molecule has 1 heterocycles. The van der Waals surface area contributed by atoms with Gasteiger partial charge in [-0.15, -0.1) is 0 Å². The summed E-state index contributed by atoms with van der Waals surface area (Å²) in [4.78, 5) is 2.42. The first-order valence-electron chi connectivity index (χ1n) is 17.2. The molecule has 0 radical (unpaired) electrons. The first-order chi connectivity index (χ1) is 24.8. The van der Waals surface area contributed by atoms with E-state index in [1.54, 1.807) is 0 Å². The van der Waals surface area contributed by atoms with Gasteiger partial charge in [0.15, 0.2) is 0 Å². The normalized spacial score (nSPS) is 11.6. The SMILES string of the molecule is c1ccc(N(c2cccc(-c3cccc4c3c3cc5ccccc5cc3n4-c3ccccc3)c2)c2cc3ccccc3c3ccccc23)cc1. The minimum Gasteiger partial charge on any atom is -0.310 e. The van der Waals surface area contributed by atoms with Crippen molar-refractivity contribution in [3.05, 3.63) is 194 Å². The van der Waals surface area contributed by atoms with Crippen LogP contribution < -0.4 is 4.90 Å². The fourth-order valence-corrected chi connectivity index (χ4v) is 7.88. The molecule has 0 amide bonds. The van der Waals surface area contributed by atoms with Gasteiger partial charge in [0.1, 0.15) is 0 Å². The van der Waals surface area contributed by atoms with Crippen LogP contribution in [0.2, 0.25) is 0 Å². The lowest BCUT2D eigenvalue weighted by Crippen LogP contribution is -2.10. The number of hydrogen-bond acceptors (Lipinski definition) is 1. The molecule has 0 aliphatic carbocycles. The molecule has 0 unspecified atom stereocenters. The highest BCUT2D eigenvalue weighted by Gasteiger charge is 2.20. The van der Waals surface area contributed by atoms with Crippen molar-refractivity contribution in [2.24, 2.45) is 0 Å². The zero-order chi connectivity index (χ0) is 33.0. The quantitative estimate of drug-likeness (QED) is 0.171. The molecular weight excluding hydrogens is 605 g/mol. The summed E-state index contributed by atoms with van der Waals surface area (Å²) >= 11 is 0. The summed E-state index contributed by atoms with van der Waals surface area (Å²) < 4.78 is 2.42. The maximum atomic E-state index is 2.42. The lowest BCUT2D eigenvalue weighted by atomic mass is 9.97. The van der Waals surface area contributed by atoms with Crippen LogP contribution >= 0.6 is 0 Å². The molecule has 234 valence electrons. The molecule has 0 bridgehead atoms. The average molecular weight is 637 g/mol. The van der Waals surface area contributed by atoms with Gasteiger partial charge in [0.05, 0.1) is 16.7 Å². The highest BCUT2D eigenvalue weighted by molar-refractivity contribution is 6.19. The number of anilines is 3. The monoisotopic (exact) mass is 636 g/mol. The van der Waals surface area contributed by atoms with Crippen molar-refractivity contribution >= 4 is 71.2 Å². The van der Waals surface area contributed by atoms with E-state index in [4.69, 9.17) is 0 Å². The highest BCUT2D eigenvalue weighted by atomic mass is 15.1. The summed E-state index contributed by atoms with van der Waals surface area (Å²) in [6, 6.07) is 70.5. The van der Waals surface area contributed by atoms with Crippen LogP contribution in [0.1, 0.15) is 0 Å². The molecule has 10 rings (SSSR count). The van der Waals surface area contributed by atoms with E-state index in [1.165, 1.54) is 65.3 Å². The summed E-state index contributed by atoms with van der Waals surface area (Å²) in [5, 5.41) is 9.97. The van der Waals surface area contributed by atoms with Crippen molar-refractivity contribution in [2.75, 3.05) is 4.90 Å². The Labute approximate surface area is 290 Å². The third-order valence-electron chi connectivity index (χ3n) is 10.1. The molecule has 1 aromatic heterocycles. The van der Waals surface area contributed by atoms with E-state index in [0.717, 1.165) is 22.7 Å². The third kappa shape index (κ3) is 4.50. The molecule has 9 aromatic carbocycles. The van der Waals surface area contributed by atoms with Gasteiger partial charge < -0.3 is 9.47 Å². The van der Waals surface area contributed by atoms with Crippen molar-refractivity contribution in [1.29, 1.82) is 0 Å². The maximum absolute atomic E-state index is 2.42. The van der Waals surface area contributed by atoms with E-state index >= 15 is 0 Å². The first-order valence-corrected chi connectivity index (χ1v) is 17.2. The van der Waals surface area contributed by atoms with Gasteiger partial charge in [0, 0.05) is 33.2 Å². The zero-order valence-electron chi connectivity index (χ0n) is 27.4. The Balaban J connectivity index is 1.24. The van der Waals surface area contributed by atoms with Gasteiger partial charge in [-0.2, -0.15) is 0 Å². The number of hydrogen-bond donors (Lipinski definition) is 0. The van der Waals surface area contributed by atoms with E-state index in [1.807, 2.05) is 0 Å². The van der Waals surface area contributed by atoms with Crippen molar-refractivity contribution < 1.29 is 0 Å². The molecular formula is C48H32N2. The smallest absolute Gasteiger partial charge is 0.0547 e. The van der Waals surface area contributed by atoms with Gasteiger partial charge in [-0.05, 0) is 98.7 Å². The van der Waals surface area contributed by atoms with Crippen molar-refractivity contribution in [1.82, 2.24) is 4.57 Å². The van der Waals surface area contributed by atoms with Gasteiger partial charge in [0.25, 0.3) is 0 Å². The molecule has 50 heavy (non-hydrogen) atoms. The lowest BCUT2D eigenvalue weighted by Gasteiger charge is -2.28. The van der Waals surface area contributed by atoms with Gasteiger partial charge >= 0.3 is 0 Å². The summed E-state index contributed by atoms with van der Waals surface area (Å²) in [6.07, 6.45) is 0. The summed E-state index contributed by atoms with van der Waals surface area (Å²) in [6.45, 7) is 0. The van der Waals surface area contributed by atoms with Crippen molar-refractivity contribution in [2.45, 2.75) is 0 Å². The van der Waals surface area contributed by atoms with Crippen LogP contribution in [0.3, 0.4) is 0 Å². The number of para-hydroxylation sites is 2. The predicted octanol–water partition coefficient (Wildman–Crippen LogP) is 13.4. The molecule has 0 N–H and O–H groups in total. The molecule has 0 atom stereocenters. The average Bonchev–Trinajstić information content (AvgIpc) is 3.51. The van der Waals surface area contributed by atoms with Crippen LogP contribution in [0.15, 0.2) is 194 Å². The third-order valence-corrected chi connectivity index (χ3v) is 10.1. The molecule has 2 nitrogen and oxygen atoms in total. The van der Waals surface area contributed by atoms with Crippen LogP contribution in [0.5, 0.6) is 0 Å². The first kappa shape index (κ1) is 28.4. The van der Waals surface area contributed by atoms with Gasteiger partial charge in [0.2, 0.25) is 0 Å². The minimum absolute atomic E-state index is 1.11. The van der Waals surface area contributed by atoms with Gasteiger partial charge in [-0.3, -0.25) is 0 Å². The molecule has 2 heteroatoms. The second kappa shape index (κ2) is 11.5. The zero-order valence-corrected chi connectivity index (χ0v) is 27.4. The number of aromatic nitrogens is 1.